The number of nitrogens with two attached hydrogens (primary N) is 1. The predicted octanol–water partition coefficient (Wildman–Crippen LogP) is 2.10. The summed E-state index contributed by atoms with van der Waals surface area (Å²) in [5.74, 6) is 0.808. The molecule has 6 nitrogen and oxygen atoms in total. The van der Waals surface area contributed by atoms with E-state index in [2.05, 4.69) is 17.1 Å². The van der Waals surface area contributed by atoms with Crippen LogP contribution < -0.4 is 20.5 Å². The van der Waals surface area contributed by atoms with Crippen molar-refractivity contribution in [3.8, 4) is 11.5 Å². The number of halogens is 2. The third-order valence-corrected chi connectivity index (χ3v) is 4.37. The standard InChI is InChI=1S/C16H23N3O3.2ClH/c1-2-19-7-3-4-11(19)10-18-16(20)12-5-6-13(17)15-14(12)21-8-9-22-15;;/h5-6,11H,2-4,7-10,17H2,1H3,(H,18,20);2*1H. The zero-order chi connectivity index (χ0) is 15.5. The summed E-state index contributed by atoms with van der Waals surface area (Å²) in [5, 5.41) is 3.02. The Hall–Kier alpha value is -1.37. The van der Waals surface area contributed by atoms with Gasteiger partial charge in [0.05, 0.1) is 11.3 Å². The molecule has 0 saturated carbocycles. The fourth-order valence-corrected chi connectivity index (χ4v) is 3.18. The van der Waals surface area contributed by atoms with Crippen molar-refractivity contribution in [1.82, 2.24) is 10.2 Å². The summed E-state index contributed by atoms with van der Waals surface area (Å²) in [7, 11) is 0. The number of hydrogen-bond donors (Lipinski definition) is 2. The lowest BCUT2D eigenvalue weighted by Gasteiger charge is -2.24. The molecule has 2 heterocycles. The first-order chi connectivity index (χ1) is 10.7. The number of rotatable bonds is 4. The van der Waals surface area contributed by atoms with Crippen LogP contribution in [0.4, 0.5) is 5.69 Å². The first kappa shape index (κ1) is 20.7. The number of benzene rings is 1. The van der Waals surface area contributed by atoms with Gasteiger partial charge in [-0.15, -0.1) is 24.8 Å². The van der Waals surface area contributed by atoms with Gasteiger partial charge in [0.25, 0.3) is 5.91 Å². The molecular formula is C16H25Cl2N3O3. The Morgan fingerprint density at radius 3 is 2.71 bits per heavy atom. The Morgan fingerprint density at radius 2 is 2.00 bits per heavy atom. The molecule has 0 aliphatic carbocycles. The molecular weight excluding hydrogens is 353 g/mol. The van der Waals surface area contributed by atoms with Crippen LogP contribution in [0.3, 0.4) is 0 Å². The second kappa shape index (κ2) is 9.20. The van der Waals surface area contributed by atoms with Crippen molar-refractivity contribution < 1.29 is 14.3 Å². The number of nitrogens with one attached hydrogen (secondary N) is 1. The van der Waals surface area contributed by atoms with E-state index in [1.807, 2.05) is 0 Å². The van der Waals surface area contributed by atoms with Crippen LogP contribution >= 0.6 is 24.8 Å². The number of amides is 1. The summed E-state index contributed by atoms with van der Waals surface area (Å²) in [6.45, 7) is 5.84. The van der Waals surface area contributed by atoms with E-state index in [4.69, 9.17) is 15.2 Å². The van der Waals surface area contributed by atoms with Crippen LogP contribution in [0.1, 0.15) is 30.1 Å². The number of nitrogen functional groups attached to an aromatic ring is 1. The van der Waals surface area contributed by atoms with E-state index in [1.54, 1.807) is 12.1 Å². The number of fused-ring (bicyclic) bond motifs is 1. The first-order valence-corrected chi connectivity index (χ1v) is 7.91. The third-order valence-electron chi connectivity index (χ3n) is 4.37. The molecule has 1 aromatic rings. The lowest BCUT2D eigenvalue weighted by atomic mass is 10.1. The van der Waals surface area contributed by atoms with Gasteiger partial charge in [0, 0.05) is 12.6 Å². The van der Waals surface area contributed by atoms with Crippen LogP contribution in [0.5, 0.6) is 11.5 Å². The second-order valence-electron chi connectivity index (χ2n) is 5.69. The van der Waals surface area contributed by atoms with E-state index < -0.39 is 0 Å². The van der Waals surface area contributed by atoms with Crippen LogP contribution in [0, 0.1) is 0 Å². The first-order valence-electron chi connectivity index (χ1n) is 7.91. The fourth-order valence-electron chi connectivity index (χ4n) is 3.18. The molecule has 2 aliphatic heterocycles. The van der Waals surface area contributed by atoms with Crippen LogP contribution in [-0.2, 0) is 0 Å². The van der Waals surface area contributed by atoms with E-state index in [0.717, 1.165) is 19.5 Å². The molecule has 0 bridgehead atoms. The molecule has 1 amide bonds. The van der Waals surface area contributed by atoms with Gasteiger partial charge in [-0.1, -0.05) is 6.92 Å². The Morgan fingerprint density at radius 1 is 1.29 bits per heavy atom. The molecule has 136 valence electrons. The van der Waals surface area contributed by atoms with Crippen molar-refractivity contribution in [3.05, 3.63) is 17.7 Å². The summed E-state index contributed by atoms with van der Waals surface area (Å²) in [4.78, 5) is 14.9. The van der Waals surface area contributed by atoms with Gasteiger partial charge in [0.2, 0.25) is 0 Å². The predicted molar refractivity (Wildman–Crippen MR) is 98.9 cm³/mol. The molecule has 2 aliphatic rings. The van der Waals surface area contributed by atoms with Crippen molar-refractivity contribution in [3.63, 3.8) is 0 Å². The van der Waals surface area contributed by atoms with Crippen LogP contribution in [0.2, 0.25) is 0 Å². The van der Waals surface area contributed by atoms with Gasteiger partial charge in [-0.2, -0.15) is 0 Å². The Labute approximate surface area is 154 Å². The van der Waals surface area contributed by atoms with Gasteiger partial charge in [-0.25, -0.2) is 0 Å². The number of likely N-dealkylation sites (tertiary alicyclic amines) is 1. The Bertz CT molecular complexity index is 572. The molecule has 8 heteroatoms. The van der Waals surface area contributed by atoms with Crippen molar-refractivity contribution >= 4 is 36.4 Å². The van der Waals surface area contributed by atoms with Crippen molar-refractivity contribution in [2.24, 2.45) is 0 Å². The maximum atomic E-state index is 12.5. The monoisotopic (exact) mass is 377 g/mol. The number of nitrogens with zero attached hydrogens (tertiary/aromatic N) is 1. The van der Waals surface area contributed by atoms with E-state index in [1.165, 1.54) is 6.42 Å². The van der Waals surface area contributed by atoms with Gasteiger partial charge in [-0.05, 0) is 38.1 Å². The minimum atomic E-state index is -0.135. The molecule has 3 N–H and O–H groups in total. The van der Waals surface area contributed by atoms with Gasteiger partial charge in [-0.3, -0.25) is 9.69 Å². The SMILES string of the molecule is CCN1CCCC1CNC(=O)c1ccc(N)c2c1OCCO2.Cl.Cl. The van der Waals surface area contributed by atoms with Gasteiger partial charge >= 0.3 is 0 Å². The molecule has 1 aromatic carbocycles. The maximum absolute atomic E-state index is 12.5. The van der Waals surface area contributed by atoms with Crippen molar-refractivity contribution in [2.75, 3.05) is 38.6 Å². The highest BCUT2D eigenvalue weighted by Crippen LogP contribution is 2.38. The lowest BCUT2D eigenvalue weighted by molar-refractivity contribution is 0.0930. The second-order valence-corrected chi connectivity index (χ2v) is 5.69. The van der Waals surface area contributed by atoms with E-state index in [0.29, 0.717) is 48.6 Å². The average Bonchev–Trinajstić information content (AvgIpc) is 3.01. The molecule has 1 saturated heterocycles. The summed E-state index contributed by atoms with van der Waals surface area (Å²) in [6, 6.07) is 3.82. The molecule has 1 atom stereocenters. The summed E-state index contributed by atoms with van der Waals surface area (Å²) < 4.78 is 11.1. The molecule has 0 radical (unpaired) electrons. The lowest BCUT2D eigenvalue weighted by Crippen LogP contribution is -2.40. The summed E-state index contributed by atoms with van der Waals surface area (Å²) in [5.41, 5.74) is 6.87. The van der Waals surface area contributed by atoms with Crippen molar-refractivity contribution in [2.45, 2.75) is 25.8 Å². The number of hydrogen-bond acceptors (Lipinski definition) is 5. The molecule has 0 spiro atoms. The topological polar surface area (TPSA) is 76.8 Å². The minimum absolute atomic E-state index is 0. The van der Waals surface area contributed by atoms with Gasteiger partial charge in [0.15, 0.2) is 11.5 Å². The molecule has 3 rings (SSSR count). The van der Waals surface area contributed by atoms with Gasteiger partial charge in [0.1, 0.15) is 13.2 Å². The number of carbonyl (C=O) groups excluding carboxylic acids is 1. The quantitative estimate of drug-likeness (QED) is 0.785. The molecule has 24 heavy (non-hydrogen) atoms. The van der Waals surface area contributed by atoms with Crippen molar-refractivity contribution in [1.29, 1.82) is 0 Å². The summed E-state index contributed by atoms with van der Waals surface area (Å²) in [6.07, 6.45) is 2.33. The number of anilines is 1. The van der Waals surface area contributed by atoms with E-state index in [-0.39, 0.29) is 30.7 Å². The van der Waals surface area contributed by atoms with Gasteiger partial charge < -0.3 is 20.5 Å². The summed E-state index contributed by atoms with van der Waals surface area (Å²) >= 11 is 0. The highest BCUT2D eigenvalue weighted by atomic mass is 35.5. The smallest absolute Gasteiger partial charge is 0.255 e. The number of carbonyl (C=O) groups is 1. The minimum Gasteiger partial charge on any atom is -0.485 e. The zero-order valence-electron chi connectivity index (χ0n) is 13.7. The highest BCUT2D eigenvalue weighted by molar-refractivity contribution is 5.98. The van der Waals surface area contributed by atoms with E-state index >= 15 is 0 Å². The number of ether oxygens (including phenoxy) is 2. The highest BCUT2D eigenvalue weighted by Gasteiger charge is 2.26. The fraction of sp³-hybridized carbons (Fsp3) is 0.562. The Balaban J connectivity index is 0.00000144. The third kappa shape index (κ3) is 4.18. The normalized spacial score (nSPS) is 19.1. The zero-order valence-corrected chi connectivity index (χ0v) is 15.4. The Kier molecular flexibility index (Phi) is 7.93. The maximum Gasteiger partial charge on any atom is 0.255 e. The molecule has 1 unspecified atom stereocenters. The van der Waals surface area contributed by atoms with Crippen LogP contribution in [0.15, 0.2) is 12.1 Å². The average molecular weight is 378 g/mol. The molecule has 0 aromatic heterocycles. The number of likely N-dealkylation sites (N-methyl/N-ethyl adjacent to an activating group) is 1. The van der Waals surface area contributed by atoms with E-state index in [9.17, 15) is 4.79 Å². The largest absolute Gasteiger partial charge is 0.485 e. The molecule has 1 fully saturated rings. The van der Waals surface area contributed by atoms with Crippen LogP contribution in [-0.4, -0.2) is 49.7 Å². The van der Waals surface area contributed by atoms with Crippen LogP contribution in [0.25, 0.3) is 0 Å².